The van der Waals surface area contributed by atoms with Gasteiger partial charge in [0.25, 0.3) is 0 Å². The Labute approximate surface area is 97.3 Å². The van der Waals surface area contributed by atoms with Crippen molar-refractivity contribution in [3.63, 3.8) is 0 Å². The zero-order valence-electron chi connectivity index (χ0n) is 8.81. The number of rotatable bonds is 6. The van der Waals surface area contributed by atoms with Crippen molar-refractivity contribution in [2.75, 3.05) is 23.0 Å². The van der Waals surface area contributed by atoms with E-state index in [4.69, 9.17) is 5.73 Å². The van der Waals surface area contributed by atoms with E-state index in [1.54, 1.807) is 18.3 Å². The summed E-state index contributed by atoms with van der Waals surface area (Å²) in [7, 11) is -1.05. The molecule has 0 aliphatic heterocycles. The van der Waals surface area contributed by atoms with Crippen LogP contribution in [0.15, 0.2) is 23.4 Å². The molecule has 0 spiro atoms. The molecular weight excluding hydrogens is 228 g/mol. The van der Waals surface area contributed by atoms with Gasteiger partial charge in [0.1, 0.15) is 5.03 Å². The van der Waals surface area contributed by atoms with Gasteiger partial charge < -0.3 is 5.73 Å². The van der Waals surface area contributed by atoms with Crippen LogP contribution in [0.5, 0.6) is 0 Å². The first-order valence-corrected chi connectivity index (χ1v) is 7.39. The highest BCUT2D eigenvalue weighted by atomic mass is 32.2. The van der Waals surface area contributed by atoms with Gasteiger partial charge in [-0.05, 0) is 30.1 Å². The van der Waals surface area contributed by atoms with Gasteiger partial charge >= 0.3 is 0 Å². The predicted octanol–water partition coefficient (Wildman–Crippen LogP) is 1.91. The van der Waals surface area contributed by atoms with Gasteiger partial charge in [-0.25, -0.2) is 4.98 Å². The molecule has 1 rings (SSSR count). The van der Waals surface area contributed by atoms with Gasteiger partial charge in [0.15, 0.2) is 0 Å². The summed E-state index contributed by atoms with van der Waals surface area (Å²) in [5.41, 5.74) is 6.22. The molecule has 0 aliphatic rings. The van der Waals surface area contributed by atoms with E-state index in [2.05, 4.69) is 11.9 Å². The Morgan fingerprint density at radius 3 is 3.07 bits per heavy atom. The number of thioether (sulfide) groups is 1. The first-order valence-electron chi connectivity index (χ1n) is 4.92. The van der Waals surface area contributed by atoms with Crippen molar-refractivity contribution < 1.29 is 4.21 Å². The Morgan fingerprint density at radius 1 is 1.60 bits per heavy atom. The van der Waals surface area contributed by atoms with Crippen LogP contribution in [-0.4, -0.2) is 26.5 Å². The van der Waals surface area contributed by atoms with E-state index in [0.717, 1.165) is 17.9 Å². The van der Waals surface area contributed by atoms with E-state index in [1.165, 1.54) is 0 Å². The number of hydrogen-bond donors (Lipinski definition) is 1. The van der Waals surface area contributed by atoms with Crippen LogP contribution in [-0.2, 0) is 10.8 Å². The molecule has 1 aromatic rings. The summed E-state index contributed by atoms with van der Waals surface area (Å²) in [5.74, 6) is 2.81. The third-order valence-corrected chi connectivity index (χ3v) is 4.26. The molecule has 0 radical (unpaired) electrons. The smallest absolute Gasteiger partial charge is 0.150 e. The summed E-state index contributed by atoms with van der Waals surface area (Å²) in [6.07, 6.45) is 2.57. The Balaban J connectivity index is 2.44. The molecule has 0 saturated heterocycles. The van der Waals surface area contributed by atoms with Gasteiger partial charge in [-0.15, -0.1) is 0 Å². The summed E-state index contributed by atoms with van der Waals surface area (Å²) < 4.78 is 11.8. The SMILES string of the molecule is CCSCCCS(=O)c1ncccc1N. The van der Waals surface area contributed by atoms with Crippen LogP contribution >= 0.6 is 11.8 Å². The topological polar surface area (TPSA) is 56.0 Å². The second kappa shape index (κ2) is 6.85. The third-order valence-electron chi connectivity index (χ3n) is 1.84. The van der Waals surface area contributed by atoms with Crippen molar-refractivity contribution in [3.8, 4) is 0 Å². The first kappa shape index (κ1) is 12.5. The average molecular weight is 244 g/mol. The fraction of sp³-hybridized carbons (Fsp3) is 0.500. The second-order valence-corrected chi connectivity index (χ2v) is 5.88. The molecule has 5 heteroatoms. The van der Waals surface area contributed by atoms with E-state index in [1.807, 2.05) is 11.8 Å². The molecule has 0 bridgehead atoms. The Kier molecular flexibility index (Phi) is 5.71. The van der Waals surface area contributed by atoms with Gasteiger partial charge in [0.2, 0.25) is 0 Å². The lowest BCUT2D eigenvalue weighted by Crippen LogP contribution is -2.05. The van der Waals surface area contributed by atoms with Crippen molar-refractivity contribution in [1.82, 2.24) is 4.98 Å². The highest BCUT2D eigenvalue weighted by Gasteiger charge is 2.08. The lowest BCUT2D eigenvalue weighted by molar-refractivity contribution is 0.679. The fourth-order valence-corrected chi connectivity index (χ4v) is 3.06. The van der Waals surface area contributed by atoms with Gasteiger partial charge in [0.05, 0.1) is 16.5 Å². The number of pyridine rings is 1. The van der Waals surface area contributed by atoms with Crippen molar-refractivity contribution in [2.24, 2.45) is 0 Å². The molecule has 0 aliphatic carbocycles. The Bertz CT molecular complexity index is 331. The predicted molar refractivity (Wildman–Crippen MR) is 67.5 cm³/mol. The second-order valence-electron chi connectivity index (χ2n) is 3.00. The Morgan fingerprint density at radius 2 is 2.40 bits per heavy atom. The molecule has 84 valence electrons. The van der Waals surface area contributed by atoms with E-state index in [9.17, 15) is 4.21 Å². The molecule has 15 heavy (non-hydrogen) atoms. The highest BCUT2D eigenvalue weighted by Crippen LogP contribution is 2.13. The zero-order valence-corrected chi connectivity index (χ0v) is 10.4. The standard InChI is InChI=1S/C10H16N2OS2/c1-2-14-7-4-8-15(13)10-9(11)5-3-6-12-10/h3,5-6H,2,4,7-8,11H2,1H3. The van der Waals surface area contributed by atoms with E-state index >= 15 is 0 Å². The van der Waals surface area contributed by atoms with Crippen LogP contribution in [0, 0.1) is 0 Å². The van der Waals surface area contributed by atoms with Crippen LogP contribution in [0.1, 0.15) is 13.3 Å². The molecule has 1 aromatic heterocycles. The van der Waals surface area contributed by atoms with E-state index in [-0.39, 0.29) is 0 Å². The highest BCUT2D eigenvalue weighted by molar-refractivity contribution is 7.99. The van der Waals surface area contributed by atoms with Crippen LogP contribution in [0.25, 0.3) is 0 Å². The largest absolute Gasteiger partial charge is 0.396 e. The van der Waals surface area contributed by atoms with Crippen LogP contribution < -0.4 is 5.73 Å². The van der Waals surface area contributed by atoms with Crippen LogP contribution in [0.4, 0.5) is 5.69 Å². The van der Waals surface area contributed by atoms with Crippen molar-refractivity contribution >= 4 is 28.2 Å². The number of aromatic nitrogens is 1. The molecule has 0 aromatic carbocycles. The van der Waals surface area contributed by atoms with E-state index in [0.29, 0.717) is 16.5 Å². The molecule has 1 heterocycles. The molecule has 0 amide bonds. The quantitative estimate of drug-likeness (QED) is 0.777. The zero-order chi connectivity index (χ0) is 11.1. The number of nitrogens with zero attached hydrogens (tertiary/aromatic N) is 1. The fourth-order valence-electron chi connectivity index (χ4n) is 1.13. The van der Waals surface area contributed by atoms with Gasteiger partial charge in [-0.3, -0.25) is 4.21 Å². The molecular formula is C10H16N2OS2. The summed E-state index contributed by atoms with van der Waals surface area (Å²) in [6, 6.07) is 3.49. The van der Waals surface area contributed by atoms with Crippen molar-refractivity contribution in [1.29, 1.82) is 0 Å². The maximum absolute atomic E-state index is 11.8. The number of nitrogens with two attached hydrogens (primary N) is 1. The van der Waals surface area contributed by atoms with Crippen LogP contribution in [0.3, 0.4) is 0 Å². The Hall–Kier alpha value is -0.550. The van der Waals surface area contributed by atoms with Crippen molar-refractivity contribution in [2.45, 2.75) is 18.4 Å². The lowest BCUT2D eigenvalue weighted by Gasteiger charge is -2.03. The monoisotopic (exact) mass is 244 g/mol. The number of hydrogen-bond acceptors (Lipinski definition) is 4. The number of nitrogen functional groups attached to an aromatic ring is 1. The van der Waals surface area contributed by atoms with E-state index < -0.39 is 10.8 Å². The minimum atomic E-state index is -1.05. The molecule has 0 fully saturated rings. The molecule has 3 nitrogen and oxygen atoms in total. The summed E-state index contributed by atoms with van der Waals surface area (Å²) in [5, 5.41) is 0.527. The normalized spacial score (nSPS) is 12.6. The van der Waals surface area contributed by atoms with Crippen molar-refractivity contribution in [3.05, 3.63) is 18.3 Å². The molecule has 2 N–H and O–H groups in total. The first-order chi connectivity index (χ1) is 7.25. The third kappa shape index (κ3) is 4.22. The summed E-state index contributed by atoms with van der Waals surface area (Å²) in [4.78, 5) is 4.05. The molecule has 1 atom stereocenters. The average Bonchev–Trinajstić information content (AvgIpc) is 2.25. The summed E-state index contributed by atoms with van der Waals surface area (Å²) >= 11 is 1.86. The lowest BCUT2D eigenvalue weighted by atomic mass is 10.4. The molecule has 0 saturated carbocycles. The van der Waals surface area contributed by atoms with Gasteiger partial charge in [-0.1, -0.05) is 6.92 Å². The summed E-state index contributed by atoms with van der Waals surface area (Å²) in [6.45, 7) is 2.12. The van der Waals surface area contributed by atoms with Gasteiger partial charge in [0, 0.05) is 11.9 Å². The number of anilines is 1. The maximum Gasteiger partial charge on any atom is 0.150 e. The minimum absolute atomic E-state index is 0.527. The molecule has 1 unspecified atom stereocenters. The van der Waals surface area contributed by atoms with Crippen LogP contribution in [0.2, 0.25) is 0 Å². The van der Waals surface area contributed by atoms with Gasteiger partial charge in [-0.2, -0.15) is 11.8 Å². The minimum Gasteiger partial charge on any atom is -0.396 e. The maximum atomic E-state index is 11.8.